The summed E-state index contributed by atoms with van der Waals surface area (Å²) in [5.74, 6) is 1.42. The largest absolute Gasteiger partial charge is 0.317 e. The van der Waals surface area contributed by atoms with Gasteiger partial charge in [-0.3, -0.25) is 0 Å². The summed E-state index contributed by atoms with van der Waals surface area (Å²) < 4.78 is 0. The van der Waals surface area contributed by atoms with Gasteiger partial charge in [0.2, 0.25) is 0 Å². The van der Waals surface area contributed by atoms with E-state index in [1.807, 2.05) is 0 Å². The van der Waals surface area contributed by atoms with Gasteiger partial charge in [0.25, 0.3) is 0 Å². The predicted octanol–water partition coefficient (Wildman–Crippen LogP) is 3.84. The van der Waals surface area contributed by atoms with Crippen molar-refractivity contribution in [2.45, 2.75) is 51.9 Å². The predicted molar refractivity (Wildman–Crippen MR) is 74.8 cm³/mol. The molecule has 1 nitrogen and oxygen atoms in total. The van der Waals surface area contributed by atoms with Gasteiger partial charge in [0, 0.05) is 0 Å². The van der Waals surface area contributed by atoms with Gasteiger partial charge in [0.05, 0.1) is 0 Å². The Morgan fingerprint density at radius 2 is 1.94 bits per heavy atom. The van der Waals surface area contributed by atoms with E-state index in [0.29, 0.717) is 5.92 Å². The molecule has 94 valence electrons. The first kappa shape index (κ1) is 12.6. The van der Waals surface area contributed by atoms with Gasteiger partial charge in [-0.25, -0.2) is 0 Å². The zero-order valence-electron chi connectivity index (χ0n) is 11.4. The third kappa shape index (κ3) is 2.90. The lowest BCUT2D eigenvalue weighted by molar-refractivity contribution is 0.457. The Balaban J connectivity index is 2.33. The Labute approximate surface area is 106 Å². The molecule has 1 aromatic rings. The Kier molecular flexibility index (Phi) is 4.22. The summed E-state index contributed by atoms with van der Waals surface area (Å²) >= 11 is 0. The third-order valence-corrected chi connectivity index (χ3v) is 3.96. The van der Waals surface area contributed by atoms with Crippen LogP contribution >= 0.6 is 0 Å². The van der Waals surface area contributed by atoms with Crippen molar-refractivity contribution in [2.75, 3.05) is 13.1 Å². The molecular formula is C16H25N. The van der Waals surface area contributed by atoms with Crippen molar-refractivity contribution in [3.63, 3.8) is 0 Å². The summed E-state index contributed by atoms with van der Waals surface area (Å²) in [4.78, 5) is 0. The second-order valence-corrected chi connectivity index (χ2v) is 5.50. The summed E-state index contributed by atoms with van der Waals surface area (Å²) in [5.41, 5.74) is 4.68. The summed E-state index contributed by atoms with van der Waals surface area (Å²) in [5, 5.41) is 3.46. The molecule has 0 aromatic heterocycles. The highest BCUT2D eigenvalue weighted by Crippen LogP contribution is 2.32. The molecule has 1 N–H and O–H groups in total. The van der Waals surface area contributed by atoms with Crippen molar-refractivity contribution in [2.24, 2.45) is 0 Å². The van der Waals surface area contributed by atoms with Gasteiger partial charge >= 0.3 is 0 Å². The molecule has 0 saturated carbocycles. The highest BCUT2D eigenvalue weighted by atomic mass is 14.9. The van der Waals surface area contributed by atoms with Crippen LogP contribution in [0.3, 0.4) is 0 Å². The second-order valence-electron chi connectivity index (χ2n) is 5.50. The first-order valence-electron chi connectivity index (χ1n) is 7.05. The van der Waals surface area contributed by atoms with Crippen molar-refractivity contribution in [1.29, 1.82) is 0 Å². The maximum absolute atomic E-state index is 3.46. The molecule has 0 aliphatic carbocycles. The fourth-order valence-corrected chi connectivity index (χ4v) is 2.86. The highest BCUT2D eigenvalue weighted by Gasteiger charge is 2.19. The molecule has 0 radical (unpaired) electrons. The molecule has 1 aromatic carbocycles. The Morgan fingerprint density at radius 3 is 2.53 bits per heavy atom. The Morgan fingerprint density at radius 1 is 1.24 bits per heavy atom. The second kappa shape index (κ2) is 5.68. The number of hydrogen-bond acceptors (Lipinski definition) is 1. The van der Waals surface area contributed by atoms with Gasteiger partial charge in [-0.15, -0.1) is 0 Å². The zero-order chi connectivity index (χ0) is 12.3. The average molecular weight is 231 g/mol. The minimum atomic E-state index is 0.644. The first-order chi connectivity index (χ1) is 8.22. The fourth-order valence-electron chi connectivity index (χ4n) is 2.86. The maximum atomic E-state index is 3.46. The monoisotopic (exact) mass is 231 g/mol. The van der Waals surface area contributed by atoms with E-state index in [0.717, 1.165) is 12.3 Å². The lowest BCUT2D eigenvalue weighted by Gasteiger charge is -2.27. The van der Waals surface area contributed by atoms with E-state index < -0.39 is 0 Å². The van der Waals surface area contributed by atoms with Crippen molar-refractivity contribution in [3.05, 3.63) is 34.9 Å². The van der Waals surface area contributed by atoms with E-state index in [1.165, 1.54) is 31.5 Å². The average Bonchev–Trinajstić information content (AvgIpc) is 2.39. The van der Waals surface area contributed by atoms with E-state index in [1.54, 1.807) is 11.1 Å². The summed E-state index contributed by atoms with van der Waals surface area (Å²) in [7, 11) is 0. The minimum absolute atomic E-state index is 0.644. The van der Waals surface area contributed by atoms with E-state index >= 15 is 0 Å². The standard InChI is InChI=1S/C16H25N/c1-4-13-5-6-15(12(2)3)16(11-13)14-7-9-17-10-8-14/h5-6,11-12,14,17H,4,7-10H2,1-3H3. The van der Waals surface area contributed by atoms with Crippen LogP contribution in [0, 0.1) is 0 Å². The number of nitrogens with one attached hydrogen (secondary N) is 1. The fraction of sp³-hybridized carbons (Fsp3) is 0.625. The van der Waals surface area contributed by atoms with E-state index in [-0.39, 0.29) is 0 Å². The summed E-state index contributed by atoms with van der Waals surface area (Å²) in [6.07, 6.45) is 3.75. The highest BCUT2D eigenvalue weighted by molar-refractivity contribution is 5.37. The molecule has 1 aliphatic heterocycles. The van der Waals surface area contributed by atoms with Crippen LogP contribution in [0.1, 0.15) is 62.1 Å². The number of benzene rings is 1. The lowest BCUT2D eigenvalue weighted by atomic mass is 9.83. The van der Waals surface area contributed by atoms with Crippen LogP contribution in [-0.4, -0.2) is 13.1 Å². The molecule has 2 rings (SSSR count). The minimum Gasteiger partial charge on any atom is -0.317 e. The first-order valence-corrected chi connectivity index (χ1v) is 7.05. The molecule has 0 atom stereocenters. The molecule has 0 bridgehead atoms. The van der Waals surface area contributed by atoms with Gasteiger partial charge in [-0.1, -0.05) is 39.0 Å². The van der Waals surface area contributed by atoms with Crippen LogP contribution < -0.4 is 5.32 Å². The van der Waals surface area contributed by atoms with Crippen molar-refractivity contribution >= 4 is 0 Å². The van der Waals surface area contributed by atoms with Crippen molar-refractivity contribution < 1.29 is 0 Å². The molecular weight excluding hydrogens is 206 g/mol. The molecule has 1 saturated heterocycles. The van der Waals surface area contributed by atoms with E-state index in [2.05, 4.69) is 44.3 Å². The van der Waals surface area contributed by atoms with Gasteiger partial charge < -0.3 is 5.32 Å². The molecule has 17 heavy (non-hydrogen) atoms. The molecule has 1 aliphatic rings. The quantitative estimate of drug-likeness (QED) is 0.833. The van der Waals surface area contributed by atoms with E-state index in [4.69, 9.17) is 0 Å². The van der Waals surface area contributed by atoms with Crippen LogP contribution in [0.2, 0.25) is 0 Å². The van der Waals surface area contributed by atoms with Gasteiger partial charge in [-0.2, -0.15) is 0 Å². The topological polar surface area (TPSA) is 12.0 Å². The maximum Gasteiger partial charge on any atom is -0.00431 e. The van der Waals surface area contributed by atoms with Gasteiger partial charge in [0.15, 0.2) is 0 Å². The number of piperidine rings is 1. The van der Waals surface area contributed by atoms with Gasteiger partial charge in [-0.05, 0) is 60.9 Å². The van der Waals surface area contributed by atoms with Crippen LogP contribution in [0.4, 0.5) is 0 Å². The van der Waals surface area contributed by atoms with Crippen LogP contribution in [0.25, 0.3) is 0 Å². The van der Waals surface area contributed by atoms with E-state index in [9.17, 15) is 0 Å². The molecule has 1 heteroatoms. The molecule has 1 heterocycles. The lowest BCUT2D eigenvalue weighted by Crippen LogP contribution is -2.27. The zero-order valence-corrected chi connectivity index (χ0v) is 11.4. The normalized spacial score (nSPS) is 17.6. The van der Waals surface area contributed by atoms with Crippen LogP contribution in [0.15, 0.2) is 18.2 Å². The van der Waals surface area contributed by atoms with Crippen LogP contribution in [-0.2, 0) is 6.42 Å². The Bertz CT molecular complexity index is 362. The number of aryl methyl sites for hydroxylation is 1. The van der Waals surface area contributed by atoms with Crippen LogP contribution in [0.5, 0.6) is 0 Å². The SMILES string of the molecule is CCc1ccc(C(C)C)c(C2CCNCC2)c1. The number of rotatable bonds is 3. The molecule has 0 spiro atoms. The summed E-state index contributed by atoms with van der Waals surface area (Å²) in [6, 6.07) is 7.13. The molecule has 0 unspecified atom stereocenters. The molecule has 0 amide bonds. The van der Waals surface area contributed by atoms with Crippen molar-refractivity contribution in [1.82, 2.24) is 5.32 Å². The molecule has 1 fully saturated rings. The van der Waals surface area contributed by atoms with Gasteiger partial charge in [0.1, 0.15) is 0 Å². The van der Waals surface area contributed by atoms with Crippen molar-refractivity contribution in [3.8, 4) is 0 Å². The number of hydrogen-bond donors (Lipinski definition) is 1. The third-order valence-electron chi connectivity index (χ3n) is 3.96. The smallest absolute Gasteiger partial charge is 0.00431 e. The summed E-state index contributed by atoms with van der Waals surface area (Å²) in [6.45, 7) is 9.23. The Hall–Kier alpha value is -0.820.